The van der Waals surface area contributed by atoms with Crippen molar-refractivity contribution in [2.45, 2.75) is 13.8 Å². The zero-order valence-electron chi connectivity index (χ0n) is 14.5. The van der Waals surface area contributed by atoms with Gasteiger partial charge in [-0.25, -0.2) is 0 Å². The molecule has 0 aromatic heterocycles. The summed E-state index contributed by atoms with van der Waals surface area (Å²) >= 11 is 0. The smallest absolute Gasteiger partial charge is 0.145 e. The Kier molecular flexibility index (Phi) is 8.89. The first-order chi connectivity index (χ1) is 10.6. The SMILES string of the molecule is COCCOCCOCCOc1c(C)cc(C)cc1N(C)C. The minimum absolute atomic E-state index is 0.531. The summed E-state index contributed by atoms with van der Waals surface area (Å²) in [4.78, 5) is 2.07. The Morgan fingerprint density at radius 2 is 1.45 bits per heavy atom. The molecule has 0 saturated carbocycles. The van der Waals surface area contributed by atoms with Gasteiger partial charge in [0.2, 0.25) is 0 Å². The van der Waals surface area contributed by atoms with Crippen LogP contribution in [0.4, 0.5) is 5.69 Å². The molecule has 5 heteroatoms. The number of nitrogens with zero attached hydrogens (tertiary/aromatic N) is 1. The Bertz CT molecular complexity index is 435. The van der Waals surface area contributed by atoms with E-state index in [0.717, 1.165) is 17.0 Å². The van der Waals surface area contributed by atoms with E-state index in [-0.39, 0.29) is 0 Å². The Labute approximate surface area is 134 Å². The summed E-state index contributed by atoms with van der Waals surface area (Å²) in [5, 5.41) is 0. The van der Waals surface area contributed by atoms with Gasteiger partial charge in [0.05, 0.1) is 38.7 Å². The molecule has 1 aromatic carbocycles. The van der Waals surface area contributed by atoms with Crippen LogP contribution < -0.4 is 9.64 Å². The molecule has 126 valence electrons. The lowest BCUT2D eigenvalue weighted by Gasteiger charge is -2.20. The van der Waals surface area contributed by atoms with Crippen molar-refractivity contribution in [1.82, 2.24) is 0 Å². The first kappa shape index (κ1) is 18.7. The van der Waals surface area contributed by atoms with Crippen LogP contribution in [0, 0.1) is 13.8 Å². The number of benzene rings is 1. The Morgan fingerprint density at radius 3 is 2.05 bits per heavy atom. The van der Waals surface area contributed by atoms with Crippen LogP contribution in [-0.4, -0.2) is 60.8 Å². The van der Waals surface area contributed by atoms with Crippen LogP contribution in [0.2, 0.25) is 0 Å². The van der Waals surface area contributed by atoms with Crippen molar-refractivity contribution in [3.05, 3.63) is 23.3 Å². The molecule has 0 aliphatic carbocycles. The van der Waals surface area contributed by atoms with E-state index in [1.807, 2.05) is 14.1 Å². The molecule has 0 aliphatic heterocycles. The molecule has 0 aliphatic rings. The van der Waals surface area contributed by atoms with Crippen LogP contribution >= 0.6 is 0 Å². The van der Waals surface area contributed by atoms with Gasteiger partial charge in [0.25, 0.3) is 0 Å². The molecule has 0 heterocycles. The molecule has 0 N–H and O–H groups in total. The maximum Gasteiger partial charge on any atom is 0.145 e. The van der Waals surface area contributed by atoms with Crippen molar-refractivity contribution in [1.29, 1.82) is 0 Å². The number of hydrogen-bond acceptors (Lipinski definition) is 5. The van der Waals surface area contributed by atoms with E-state index in [1.54, 1.807) is 7.11 Å². The number of aryl methyl sites for hydroxylation is 2. The van der Waals surface area contributed by atoms with Gasteiger partial charge >= 0.3 is 0 Å². The molecule has 5 nitrogen and oxygen atoms in total. The number of anilines is 1. The Morgan fingerprint density at radius 1 is 0.864 bits per heavy atom. The van der Waals surface area contributed by atoms with Crippen molar-refractivity contribution >= 4 is 5.69 Å². The lowest BCUT2D eigenvalue weighted by Crippen LogP contribution is -2.15. The third-order valence-corrected chi connectivity index (χ3v) is 3.16. The van der Waals surface area contributed by atoms with Crippen LogP contribution in [0.1, 0.15) is 11.1 Å². The normalized spacial score (nSPS) is 10.8. The highest BCUT2D eigenvalue weighted by Gasteiger charge is 2.10. The predicted octanol–water partition coefficient (Wildman–Crippen LogP) is 2.43. The standard InChI is InChI=1S/C17H29NO4/c1-14-12-15(2)17(16(13-14)18(3)4)22-11-10-21-9-8-20-7-6-19-5/h12-13H,6-11H2,1-5H3. The molecule has 0 radical (unpaired) electrons. The van der Waals surface area contributed by atoms with Gasteiger partial charge in [-0.2, -0.15) is 0 Å². The maximum atomic E-state index is 5.90. The second-order valence-corrected chi connectivity index (χ2v) is 5.39. The second kappa shape index (κ2) is 10.4. The molecule has 0 saturated heterocycles. The fourth-order valence-electron chi connectivity index (χ4n) is 2.12. The Hall–Kier alpha value is -1.30. The summed E-state index contributed by atoms with van der Waals surface area (Å²) in [5.74, 6) is 0.926. The molecule has 22 heavy (non-hydrogen) atoms. The number of hydrogen-bond donors (Lipinski definition) is 0. The summed E-state index contributed by atoms with van der Waals surface area (Å²) in [7, 11) is 5.70. The molecule has 0 atom stereocenters. The van der Waals surface area contributed by atoms with E-state index in [9.17, 15) is 0 Å². The largest absolute Gasteiger partial charge is 0.489 e. The molecule has 0 spiro atoms. The van der Waals surface area contributed by atoms with E-state index in [1.165, 1.54) is 5.56 Å². The minimum Gasteiger partial charge on any atom is -0.489 e. The average molecular weight is 311 g/mol. The van der Waals surface area contributed by atoms with Crippen molar-refractivity contribution in [3.63, 3.8) is 0 Å². The van der Waals surface area contributed by atoms with Gasteiger partial charge < -0.3 is 23.8 Å². The van der Waals surface area contributed by atoms with Crippen LogP contribution in [0.15, 0.2) is 12.1 Å². The van der Waals surface area contributed by atoms with Crippen molar-refractivity contribution in [3.8, 4) is 5.75 Å². The van der Waals surface area contributed by atoms with Gasteiger partial charge in [-0.3, -0.25) is 0 Å². The summed E-state index contributed by atoms with van der Waals surface area (Å²) in [5.41, 5.74) is 3.48. The monoisotopic (exact) mass is 311 g/mol. The third kappa shape index (κ3) is 6.64. The molecule has 1 rings (SSSR count). The first-order valence-corrected chi connectivity index (χ1v) is 7.62. The highest BCUT2D eigenvalue weighted by Crippen LogP contribution is 2.32. The molecular formula is C17H29NO4. The molecule has 0 unspecified atom stereocenters. The van der Waals surface area contributed by atoms with Gasteiger partial charge in [-0.05, 0) is 31.0 Å². The van der Waals surface area contributed by atoms with Gasteiger partial charge in [-0.1, -0.05) is 6.07 Å². The summed E-state index contributed by atoms with van der Waals surface area (Å²) in [6, 6.07) is 4.26. The summed E-state index contributed by atoms with van der Waals surface area (Å²) in [6.45, 7) is 7.61. The summed E-state index contributed by atoms with van der Waals surface area (Å²) in [6.07, 6.45) is 0. The van der Waals surface area contributed by atoms with E-state index >= 15 is 0 Å². The van der Waals surface area contributed by atoms with Crippen molar-refractivity contribution in [2.24, 2.45) is 0 Å². The Balaban J connectivity index is 2.30. The fourth-order valence-corrected chi connectivity index (χ4v) is 2.12. The lowest BCUT2D eigenvalue weighted by molar-refractivity contribution is 0.0179. The zero-order chi connectivity index (χ0) is 16.4. The predicted molar refractivity (Wildman–Crippen MR) is 89.3 cm³/mol. The third-order valence-electron chi connectivity index (χ3n) is 3.16. The van der Waals surface area contributed by atoms with Crippen LogP contribution in [0.3, 0.4) is 0 Å². The number of rotatable bonds is 11. The average Bonchev–Trinajstić information content (AvgIpc) is 2.46. The highest BCUT2D eigenvalue weighted by atomic mass is 16.6. The van der Waals surface area contributed by atoms with Gasteiger partial charge in [-0.15, -0.1) is 0 Å². The van der Waals surface area contributed by atoms with Crippen molar-refractivity contribution in [2.75, 3.05) is 65.7 Å². The van der Waals surface area contributed by atoms with Gasteiger partial charge in [0.1, 0.15) is 12.4 Å². The van der Waals surface area contributed by atoms with Crippen LogP contribution in [0.5, 0.6) is 5.75 Å². The fraction of sp³-hybridized carbons (Fsp3) is 0.647. The molecular weight excluding hydrogens is 282 g/mol. The van der Waals surface area contributed by atoms with Crippen LogP contribution in [0.25, 0.3) is 0 Å². The van der Waals surface area contributed by atoms with E-state index < -0.39 is 0 Å². The lowest BCUT2D eigenvalue weighted by atomic mass is 10.1. The zero-order valence-corrected chi connectivity index (χ0v) is 14.5. The molecule has 0 fully saturated rings. The molecule has 0 amide bonds. The maximum absolute atomic E-state index is 5.90. The molecule has 1 aromatic rings. The first-order valence-electron chi connectivity index (χ1n) is 7.62. The van der Waals surface area contributed by atoms with Gasteiger partial charge in [0.15, 0.2) is 0 Å². The summed E-state index contributed by atoms with van der Waals surface area (Å²) < 4.78 is 21.6. The van der Waals surface area contributed by atoms with Gasteiger partial charge in [0, 0.05) is 21.2 Å². The van der Waals surface area contributed by atoms with E-state index in [2.05, 4.69) is 30.9 Å². The van der Waals surface area contributed by atoms with Crippen LogP contribution in [-0.2, 0) is 14.2 Å². The highest BCUT2D eigenvalue weighted by molar-refractivity contribution is 5.62. The van der Waals surface area contributed by atoms with E-state index in [4.69, 9.17) is 18.9 Å². The quantitative estimate of drug-likeness (QED) is 0.587. The van der Waals surface area contributed by atoms with E-state index in [0.29, 0.717) is 39.6 Å². The number of methoxy groups -OCH3 is 1. The molecule has 0 bridgehead atoms. The second-order valence-electron chi connectivity index (χ2n) is 5.39. The minimum atomic E-state index is 0.531. The number of ether oxygens (including phenoxy) is 4. The topological polar surface area (TPSA) is 40.2 Å². The van der Waals surface area contributed by atoms with Crippen molar-refractivity contribution < 1.29 is 18.9 Å².